The number of halogens is 1. The van der Waals surface area contributed by atoms with Crippen LogP contribution in [0.4, 0.5) is 0 Å². The van der Waals surface area contributed by atoms with Gasteiger partial charge in [-0.2, -0.15) is 0 Å². The van der Waals surface area contributed by atoms with Gasteiger partial charge in [-0.1, -0.05) is 23.7 Å². The molecule has 0 N–H and O–H groups in total. The van der Waals surface area contributed by atoms with E-state index in [4.69, 9.17) is 21.1 Å². The normalized spacial score (nSPS) is 26.9. The van der Waals surface area contributed by atoms with E-state index in [1.807, 2.05) is 19.1 Å². The molecule has 2 aliphatic rings. The third kappa shape index (κ3) is 5.19. The van der Waals surface area contributed by atoms with Crippen LogP contribution in [0.2, 0.25) is 5.02 Å². The second-order valence-electron chi connectivity index (χ2n) is 7.25. The molecule has 0 bridgehead atoms. The fourth-order valence-electron chi connectivity index (χ4n) is 4.08. The predicted octanol–water partition coefficient (Wildman–Crippen LogP) is 4.20. The van der Waals surface area contributed by atoms with E-state index in [-0.39, 0.29) is 17.7 Å². The van der Waals surface area contributed by atoms with E-state index in [1.165, 1.54) is 5.56 Å². The molecule has 3 rings (SSSR count). The Kier molecular flexibility index (Phi) is 6.37. The average Bonchev–Trinajstić information content (AvgIpc) is 2.98. The highest BCUT2D eigenvalue weighted by molar-refractivity contribution is 6.30. The second-order valence-corrected chi connectivity index (χ2v) is 7.68. The average molecular weight is 366 g/mol. The summed E-state index contributed by atoms with van der Waals surface area (Å²) >= 11 is 5.97. The number of nitrogens with zero attached hydrogens (tertiary/aromatic N) is 1. The minimum absolute atomic E-state index is 0.0238. The highest BCUT2D eigenvalue weighted by Crippen LogP contribution is 2.39. The van der Waals surface area contributed by atoms with Crippen LogP contribution in [0.15, 0.2) is 24.3 Å². The fraction of sp³-hybridized carbons (Fsp3) is 0.650. The topological polar surface area (TPSA) is 38.8 Å². The number of carbonyl (C=O) groups is 1. The van der Waals surface area contributed by atoms with Gasteiger partial charge in [-0.25, -0.2) is 0 Å². The van der Waals surface area contributed by atoms with Gasteiger partial charge in [0.25, 0.3) is 0 Å². The molecule has 0 aromatic heterocycles. The standard InChI is InChI=1S/C20H28ClNO3/c1-2-24-19(23)9-8-18-10-12-20(25-18)11-3-13-22(15-20)14-16-4-6-17(21)7-5-16/h4-7,18H,2-3,8-15H2,1H3/t18-,20+/m1/s1. The number of benzene rings is 1. The molecule has 138 valence electrons. The van der Waals surface area contributed by atoms with Crippen LogP contribution in [0, 0.1) is 0 Å². The summed E-state index contributed by atoms with van der Waals surface area (Å²) in [7, 11) is 0. The molecule has 1 spiro atoms. The minimum Gasteiger partial charge on any atom is -0.466 e. The van der Waals surface area contributed by atoms with Crippen LogP contribution in [0.1, 0.15) is 51.0 Å². The summed E-state index contributed by atoms with van der Waals surface area (Å²) < 4.78 is 11.5. The lowest BCUT2D eigenvalue weighted by Gasteiger charge is -2.40. The van der Waals surface area contributed by atoms with Gasteiger partial charge in [0.1, 0.15) is 0 Å². The van der Waals surface area contributed by atoms with Crippen LogP contribution in [0.25, 0.3) is 0 Å². The highest BCUT2D eigenvalue weighted by Gasteiger charge is 2.43. The van der Waals surface area contributed by atoms with Crippen molar-refractivity contribution in [3.05, 3.63) is 34.9 Å². The number of esters is 1. The van der Waals surface area contributed by atoms with Crippen LogP contribution < -0.4 is 0 Å². The predicted molar refractivity (Wildman–Crippen MR) is 98.7 cm³/mol. The maximum absolute atomic E-state index is 11.6. The summed E-state index contributed by atoms with van der Waals surface area (Å²) in [6.45, 7) is 5.33. The number of carbonyl (C=O) groups excluding carboxylic acids is 1. The molecule has 25 heavy (non-hydrogen) atoms. The zero-order valence-electron chi connectivity index (χ0n) is 15.0. The van der Waals surface area contributed by atoms with Crippen LogP contribution in [0.3, 0.4) is 0 Å². The molecule has 2 aliphatic heterocycles. The lowest BCUT2D eigenvalue weighted by atomic mass is 9.89. The third-order valence-electron chi connectivity index (χ3n) is 5.25. The Labute approximate surface area is 155 Å². The van der Waals surface area contributed by atoms with E-state index in [0.717, 1.165) is 56.8 Å². The van der Waals surface area contributed by atoms with E-state index < -0.39 is 0 Å². The lowest BCUT2D eigenvalue weighted by Crippen LogP contribution is -2.47. The monoisotopic (exact) mass is 365 g/mol. The summed E-state index contributed by atoms with van der Waals surface area (Å²) in [4.78, 5) is 14.0. The maximum Gasteiger partial charge on any atom is 0.305 e. The zero-order chi connectivity index (χ0) is 17.7. The maximum atomic E-state index is 11.6. The molecule has 4 nitrogen and oxygen atoms in total. The summed E-state index contributed by atoms with van der Waals surface area (Å²) in [5, 5.41) is 0.780. The lowest BCUT2D eigenvalue weighted by molar-refractivity contribution is -0.144. The van der Waals surface area contributed by atoms with Gasteiger partial charge in [-0.05, 0) is 63.3 Å². The molecule has 0 aliphatic carbocycles. The summed E-state index contributed by atoms with van der Waals surface area (Å²) in [5.41, 5.74) is 1.27. The Bertz CT molecular complexity index is 577. The van der Waals surface area contributed by atoms with Gasteiger partial charge >= 0.3 is 5.97 Å². The van der Waals surface area contributed by atoms with E-state index in [9.17, 15) is 4.79 Å². The van der Waals surface area contributed by atoms with Crippen LogP contribution in [0.5, 0.6) is 0 Å². The Hall–Kier alpha value is -1.10. The van der Waals surface area contributed by atoms with Gasteiger partial charge in [-0.15, -0.1) is 0 Å². The van der Waals surface area contributed by atoms with Crippen molar-refractivity contribution >= 4 is 17.6 Å². The van der Waals surface area contributed by atoms with E-state index in [0.29, 0.717) is 13.0 Å². The van der Waals surface area contributed by atoms with E-state index in [1.54, 1.807) is 0 Å². The summed E-state index contributed by atoms with van der Waals surface area (Å²) in [6.07, 6.45) is 5.87. The Balaban J connectivity index is 1.50. The van der Waals surface area contributed by atoms with Crippen molar-refractivity contribution in [3.8, 4) is 0 Å². The zero-order valence-corrected chi connectivity index (χ0v) is 15.8. The van der Waals surface area contributed by atoms with Gasteiger partial charge in [-0.3, -0.25) is 9.69 Å². The number of piperidine rings is 1. The molecule has 0 amide bonds. The van der Waals surface area contributed by atoms with Crippen molar-refractivity contribution < 1.29 is 14.3 Å². The number of rotatable bonds is 6. The van der Waals surface area contributed by atoms with Gasteiger partial charge in [0, 0.05) is 24.5 Å². The van der Waals surface area contributed by atoms with Crippen molar-refractivity contribution in [2.45, 2.75) is 63.7 Å². The molecule has 2 atom stereocenters. The first-order chi connectivity index (χ1) is 12.1. The fourth-order valence-corrected chi connectivity index (χ4v) is 4.21. The van der Waals surface area contributed by atoms with Gasteiger partial charge < -0.3 is 9.47 Å². The summed E-state index contributed by atoms with van der Waals surface area (Å²) in [5.74, 6) is -0.111. The Morgan fingerprint density at radius 1 is 1.36 bits per heavy atom. The van der Waals surface area contributed by atoms with Crippen molar-refractivity contribution in [1.82, 2.24) is 4.90 Å². The second kappa shape index (κ2) is 8.52. The molecule has 2 saturated heterocycles. The number of hydrogen-bond acceptors (Lipinski definition) is 4. The molecule has 0 unspecified atom stereocenters. The Morgan fingerprint density at radius 2 is 2.16 bits per heavy atom. The van der Waals surface area contributed by atoms with E-state index >= 15 is 0 Å². The third-order valence-corrected chi connectivity index (χ3v) is 5.50. The molecule has 0 saturated carbocycles. The van der Waals surface area contributed by atoms with Crippen molar-refractivity contribution in [2.75, 3.05) is 19.7 Å². The quantitative estimate of drug-likeness (QED) is 0.708. The van der Waals surface area contributed by atoms with Crippen LogP contribution in [-0.2, 0) is 20.8 Å². The van der Waals surface area contributed by atoms with Crippen molar-refractivity contribution in [1.29, 1.82) is 0 Å². The first-order valence-corrected chi connectivity index (χ1v) is 9.77. The SMILES string of the molecule is CCOC(=O)CC[C@@H]1CC[C@]2(CCCN(Cc3ccc(Cl)cc3)C2)O1. The first kappa shape index (κ1) is 18.7. The van der Waals surface area contributed by atoms with Gasteiger partial charge in [0.15, 0.2) is 0 Å². The van der Waals surface area contributed by atoms with Gasteiger partial charge in [0.05, 0.1) is 18.3 Å². The molecule has 2 heterocycles. The molecule has 0 radical (unpaired) electrons. The number of likely N-dealkylation sites (tertiary alicyclic amines) is 1. The Morgan fingerprint density at radius 3 is 2.92 bits per heavy atom. The number of hydrogen-bond donors (Lipinski definition) is 0. The summed E-state index contributed by atoms with van der Waals surface area (Å²) in [6, 6.07) is 8.10. The molecule has 2 fully saturated rings. The largest absolute Gasteiger partial charge is 0.466 e. The molecule has 1 aromatic rings. The number of ether oxygens (including phenoxy) is 2. The smallest absolute Gasteiger partial charge is 0.305 e. The minimum atomic E-state index is -0.111. The molecular weight excluding hydrogens is 338 g/mol. The van der Waals surface area contributed by atoms with E-state index in [2.05, 4.69) is 17.0 Å². The molecule has 5 heteroatoms. The van der Waals surface area contributed by atoms with Crippen LogP contribution >= 0.6 is 11.6 Å². The van der Waals surface area contributed by atoms with Crippen molar-refractivity contribution in [2.24, 2.45) is 0 Å². The van der Waals surface area contributed by atoms with Crippen LogP contribution in [-0.4, -0.2) is 42.3 Å². The molecule has 1 aromatic carbocycles. The highest BCUT2D eigenvalue weighted by atomic mass is 35.5. The first-order valence-electron chi connectivity index (χ1n) is 9.39. The molecular formula is C20H28ClNO3. The van der Waals surface area contributed by atoms with Crippen molar-refractivity contribution in [3.63, 3.8) is 0 Å². The van der Waals surface area contributed by atoms with Gasteiger partial charge in [0.2, 0.25) is 0 Å².